The Kier molecular flexibility index (Phi) is 44.1. The number of allylic oxidation sites excluding steroid dienone is 4. The highest BCUT2D eigenvalue weighted by Crippen LogP contribution is 2.30. The van der Waals surface area contributed by atoms with Crippen molar-refractivity contribution in [1.82, 2.24) is 26.8 Å². The van der Waals surface area contributed by atoms with Crippen molar-refractivity contribution in [2.75, 3.05) is 46.8 Å². The maximum absolute atomic E-state index is 13.8. The fourth-order valence-corrected chi connectivity index (χ4v) is 7.94. The van der Waals surface area contributed by atoms with Gasteiger partial charge in [0.15, 0.2) is 6.10 Å². The summed E-state index contributed by atoms with van der Waals surface area (Å²) in [6.07, 6.45) is 41.8. The topological polar surface area (TPSA) is 170 Å². The monoisotopic (exact) mass is 923 g/mol. The van der Waals surface area contributed by atoms with Crippen LogP contribution in [0, 0.1) is 9.81 Å². The summed E-state index contributed by atoms with van der Waals surface area (Å²) in [5, 5.41) is 7.91. The number of hydrazine groups is 4. The van der Waals surface area contributed by atoms with Gasteiger partial charge in [0.1, 0.15) is 9.74 Å². The van der Waals surface area contributed by atoms with E-state index in [2.05, 4.69) is 59.9 Å². The van der Waals surface area contributed by atoms with Crippen molar-refractivity contribution in [2.24, 2.45) is 5.73 Å². The van der Waals surface area contributed by atoms with E-state index in [1.807, 2.05) is 6.92 Å². The van der Waals surface area contributed by atoms with E-state index in [9.17, 15) is 19.4 Å². The molecular weight excluding hydrogens is 821 g/mol. The second-order valence-corrected chi connectivity index (χ2v) is 18.0. The molecule has 2 unspecified atom stereocenters. The number of nitroso groups, excluding NO2 is 2. The largest absolute Gasteiger partial charge is 0.455 e. The van der Waals surface area contributed by atoms with E-state index in [0.717, 1.165) is 108 Å². The predicted molar refractivity (Wildman–Crippen MR) is 268 cm³/mol. The molecule has 0 aliphatic carbocycles. The number of rotatable bonds is 50. The summed E-state index contributed by atoms with van der Waals surface area (Å²) in [7, 11) is 2.47. The second-order valence-electron chi connectivity index (χ2n) is 18.0. The highest BCUT2D eigenvalue weighted by molar-refractivity contribution is 5.71. The Hall–Kier alpha value is -2.94. The third-order valence-electron chi connectivity index (χ3n) is 11.7. The lowest BCUT2D eigenvalue weighted by Gasteiger charge is -2.42. The molecule has 0 bridgehead atoms. The summed E-state index contributed by atoms with van der Waals surface area (Å²) in [5.41, 5.74) is 9.04. The molecule has 65 heavy (non-hydrogen) atoms. The number of carbonyl (C=O) groups is 2. The zero-order valence-electron chi connectivity index (χ0n) is 42.6. The molecular formula is C51H102N8O6+2. The SMILES string of the molecule is CCCCCCCCC=CCCCCCCCC(=O)OC(CNCCCCNCCCN)C(CCC)(OC(=O)CCCCCCCC=CCCCCCCCC)N(N[N+](C)=O)N[N+](C)=O. The van der Waals surface area contributed by atoms with Crippen LogP contribution >= 0.6 is 0 Å². The van der Waals surface area contributed by atoms with Gasteiger partial charge in [-0.15, -0.1) is 0 Å². The number of hydrogen-bond acceptors (Lipinski definition) is 10. The third-order valence-corrected chi connectivity index (χ3v) is 11.7. The molecule has 14 nitrogen and oxygen atoms in total. The molecule has 14 heteroatoms. The molecule has 0 saturated carbocycles. The average molecular weight is 923 g/mol. The van der Waals surface area contributed by atoms with Crippen molar-refractivity contribution in [2.45, 2.75) is 244 Å². The molecule has 0 amide bonds. The van der Waals surface area contributed by atoms with Crippen LogP contribution in [0.4, 0.5) is 0 Å². The molecule has 0 heterocycles. The fourth-order valence-electron chi connectivity index (χ4n) is 7.94. The Morgan fingerprint density at radius 3 is 1.37 bits per heavy atom. The lowest BCUT2D eigenvalue weighted by Crippen LogP contribution is -2.72. The van der Waals surface area contributed by atoms with Gasteiger partial charge in [-0.2, -0.15) is 0 Å². The van der Waals surface area contributed by atoms with Crippen LogP contribution in [0.25, 0.3) is 0 Å². The van der Waals surface area contributed by atoms with E-state index >= 15 is 0 Å². The normalized spacial score (nSPS) is 13.1. The Morgan fingerprint density at radius 1 is 0.538 bits per heavy atom. The van der Waals surface area contributed by atoms with Gasteiger partial charge in [-0.25, -0.2) is 0 Å². The molecule has 0 aliphatic heterocycles. The number of nitrogens with one attached hydrogen (secondary N) is 4. The van der Waals surface area contributed by atoms with Crippen molar-refractivity contribution >= 4 is 11.9 Å². The quantitative estimate of drug-likeness (QED) is 0.00979. The summed E-state index contributed by atoms with van der Waals surface area (Å²) in [6, 6.07) is 0. The summed E-state index contributed by atoms with van der Waals surface area (Å²) in [5.74, 6) is -0.910. The van der Waals surface area contributed by atoms with E-state index in [1.54, 1.807) is 0 Å². The van der Waals surface area contributed by atoms with Crippen molar-refractivity contribution in [3.8, 4) is 0 Å². The maximum Gasteiger partial charge on any atom is 0.307 e. The first kappa shape index (κ1) is 62.1. The van der Waals surface area contributed by atoms with Crippen LogP contribution < -0.4 is 27.4 Å². The Bertz CT molecular complexity index is 1190. The average Bonchev–Trinajstić information content (AvgIpc) is 3.27. The van der Waals surface area contributed by atoms with Crippen LogP contribution in [0.3, 0.4) is 0 Å². The lowest BCUT2D eigenvalue weighted by atomic mass is 9.99. The first-order valence-corrected chi connectivity index (χ1v) is 26.6. The molecule has 0 aromatic rings. The van der Waals surface area contributed by atoms with Gasteiger partial charge in [0.2, 0.25) is 19.8 Å². The third kappa shape index (κ3) is 37.8. The lowest BCUT2D eigenvalue weighted by molar-refractivity contribution is -0.686. The van der Waals surface area contributed by atoms with Gasteiger partial charge in [-0.05, 0) is 110 Å². The minimum Gasteiger partial charge on any atom is -0.455 e. The van der Waals surface area contributed by atoms with Crippen LogP contribution in [0.2, 0.25) is 0 Å². The molecule has 6 N–H and O–H groups in total. The number of ether oxygens (including phenoxy) is 2. The molecule has 380 valence electrons. The number of esters is 2. The highest BCUT2D eigenvalue weighted by Gasteiger charge is 2.54. The molecule has 0 saturated heterocycles. The van der Waals surface area contributed by atoms with Crippen molar-refractivity contribution in [3.05, 3.63) is 34.1 Å². The molecule has 0 rings (SSSR count). The number of hydrogen-bond donors (Lipinski definition) is 5. The van der Waals surface area contributed by atoms with E-state index in [1.165, 1.54) is 97.6 Å². The van der Waals surface area contributed by atoms with Gasteiger partial charge in [0.05, 0.1) is 9.81 Å². The van der Waals surface area contributed by atoms with E-state index < -0.39 is 23.8 Å². The molecule has 0 radical (unpaired) electrons. The van der Waals surface area contributed by atoms with Crippen LogP contribution in [0.5, 0.6) is 0 Å². The number of nitrogens with two attached hydrogens (primary N) is 1. The molecule has 0 spiro atoms. The van der Waals surface area contributed by atoms with E-state index in [0.29, 0.717) is 42.1 Å². The first-order valence-electron chi connectivity index (χ1n) is 26.6. The summed E-state index contributed by atoms with van der Waals surface area (Å²) < 4.78 is 12.6. The van der Waals surface area contributed by atoms with Gasteiger partial charge in [-0.3, -0.25) is 9.59 Å². The van der Waals surface area contributed by atoms with E-state index in [-0.39, 0.29) is 25.8 Å². The van der Waals surface area contributed by atoms with E-state index in [4.69, 9.17) is 15.2 Å². The van der Waals surface area contributed by atoms with Gasteiger partial charge in [0.25, 0.3) is 0 Å². The molecule has 2 atom stereocenters. The Labute approximate surface area is 397 Å². The van der Waals surface area contributed by atoms with Crippen molar-refractivity contribution in [1.29, 1.82) is 0 Å². The summed E-state index contributed by atoms with van der Waals surface area (Å²) >= 11 is 0. The smallest absolute Gasteiger partial charge is 0.307 e. The molecule has 0 aliphatic rings. The molecule has 0 aromatic carbocycles. The van der Waals surface area contributed by atoms with Crippen LogP contribution in [0.1, 0.15) is 233 Å². The first-order chi connectivity index (χ1) is 31.7. The minimum atomic E-state index is -1.75. The Balaban J connectivity index is 5.59. The standard InChI is InChI=1S/C51H102N8O6/c1-6-9-11-13-15-17-19-21-23-25-27-29-31-33-35-40-49(60)64-48(47-54-45-38-37-44-53-46-39-43-52)51(42-8-3,59(55-57(4)62)56-58(5)63)65-50(61)41-36-34-32-30-28-26-24-22-20-18-16-14-12-10-7-2/h21-24,48,53-54H,6-20,25-47,52H2,1-5H3,(H2,55,56,62,63)/q+2. The fraction of sp³-hybridized carbons (Fsp3) is 0.882. The minimum absolute atomic E-state index is 0.129. The van der Waals surface area contributed by atoms with Crippen LogP contribution in [-0.2, 0) is 19.1 Å². The zero-order chi connectivity index (χ0) is 47.9. The molecule has 0 fully saturated rings. The van der Waals surface area contributed by atoms with Crippen molar-refractivity contribution in [3.63, 3.8) is 0 Å². The maximum atomic E-state index is 13.8. The van der Waals surface area contributed by atoms with Crippen LogP contribution in [0.15, 0.2) is 24.3 Å². The van der Waals surface area contributed by atoms with Crippen LogP contribution in [-0.4, -0.2) is 85.4 Å². The van der Waals surface area contributed by atoms with Crippen molar-refractivity contribution < 1.29 is 28.8 Å². The highest BCUT2D eigenvalue weighted by atomic mass is 16.6. The van der Waals surface area contributed by atoms with Gasteiger partial charge >= 0.3 is 11.9 Å². The second kappa shape index (κ2) is 46.2. The predicted octanol–water partition coefficient (Wildman–Crippen LogP) is 11.3. The zero-order valence-corrected chi connectivity index (χ0v) is 42.6. The summed E-state index contributed by atoms with van der Waals surface area (Å²) in [6.45, 7) is 9.55. The van der Waals surface area contributed by atoms with Gasteiger partial charge in [-0.1, -0.05) is 165 Å². The summed E-state index contributed by atoms with van der Waals surface area (Å²) in [4.78, 5) is 53.4. The number of nitrogens with zero attached hydrogens (tertiary/aromatic N) is 3. The van der Waals surface area contributed by atoms with Gasteiger partial charge < -0.3 is 25.8 Å². The Morgan fingerprint density at radius 2 is 0.938 bits per heavy atom. The number of carbonyl (C=O) groups excluding carboxylic acids is 2. The van der Waals surface area contributed by atoms with Gasteiger partial charge in [0, 0.05) is 30.9 Å². The number of unbranched alkanes of at least 4 members (excludes halogenated alkanes) is 23. The molecule has 0 aromatic heterocycles.